The zero-order valence-electron chi connectivity index (χ0n) is 15.1. The minimum absolute atomic E-state index is 0.0524. The van der Waals surface area contributed by atoms with E-state index < -0.39 is 39.5 Å². The molecular formula is C17H23FN2O7S. The number of cyclic esters (lactones) is 1. The van der Waals surface area contributed by atoms with Crippen LogP contribution in [0.15, 0.2) is 18.2 Å². The van der Waals surface area contributed by atoms with E-state index in [0.29, 0.717) is 31.6 Å². The summed E-state index contributed by atoms with van der Waals surface area (Å²) in [6, 6.07) is 4.30. The lowest BCUT2D eigenvalue weighted by molar-refractivity contribution is -0.0326. The van der Waals surface area contributed by atoms with Gasteiger partial charge in [0, 0.05) is 19.5 Å². The number of piperidine rings is 1. The van der Waals surface area contributed by atoms with Gasteiger partial charge in [0.2, 0.25) is 0 Å². The topological polar surface area (TPSA) is 128 Å². The lowest BCUT2D eigenvalue weighted by Gasteiger charge is -2.38. The first kappa shape index (κ1) is 20.8. The Morgan fingerprint density at radius 3 is 2.54 bits per heavy atom. The molecule has 0 bridgehead atoms. The second kappa shape index (κ2) is 7.82. The molecule has 3 rings (SSSR count). The van der Waals surface area contributed by atoms with E-state index in [1.807, 2.05) is 0 Å². The SMILES string of the molecule is O=C1O[C@H](CCS(=O)(=O)O)CN1c1ccc(N2CCC(O)(CO)CC2)c(F)c1. The van der Waals surface area contributed by atoms with Crippen LogP contribution >= 0.6 is 0 Å². The zero-order chi connectivity index (χ0) is 20.5. The molecule has 2 aliphatic heterocycles. The number of benzene rings is 1. The van der Waals surface area contributed by atoms with E-state index in [1.54, 1.807) is 11.0 Å². The number of aliphatic hydroxyl groups is 2. The van der Waals surface area contributed by atoms with Crippen LogP contribution < -0.4 is 9.80 Å². The van der Waals surface area contributed by atoms with Gasteiger partial charge >= 0.3 is 6.09 Å². The molecule has 2 saturated heterocycles. The number of rotatable bonds is 6. The van der Waals surface area contributed by atoms with Crippen LogP contribution in [-0.2, 0) is 14.9 Å². The molecule has 3 N–H and O–H groups in total. The van der Waals surface area contributed by atoms with Gasteiger partial charge < -0.3 is 19.8 Å². The summed E-state index contributed by atoms with van der Waals surface area (Å²) in [6.45, 7) is 0.492. The maximum absolute atomic E-state index is 14.6. The Balaban J connectivity index is 1.66. The molecule has 0 spiro atoms. The summed E-state index contributed by atoms with van der Waals surface area (Å²) in [5.74, 6) is -1.07. The molecule has 1 amide bonds. The summed E-state index contributed by atoms with van der Waals surface area (Å²) in [5, 5.41) is 19.3. The van der Waals surface area contributed by atoms with Crippen molar-refractivity contribution in [2.45, 2.75) is 31.0 Å². The third kappa shape index (κ3) is 4.72. The normalized spacial score (nSPS) is 22.4. The number of carbonyl (C=O) groups excluding carboxylic acids is 1. The van der Waals surface area contributed by atoms with Gasteiger partial charge in [-0.1, -0.05) is 0 Å². The Labute approximate surface area is 162 Å². The minimum atomic E-state index is -4.16. The average molecular weight is 418 g/mol. The van der Waals surface area contributed by atoms with Crippen LogP contribution in [0.1, 0.15) is 19.3 Å². The van der Waals surface area contributed by atoms with Crippen LogP contribution in [0.4, 0.5) is 20.6 Å². The highest BCUT2D eigenvalue weighted by molar-refractivity contribution is 7.85. The number of hydrogen-bond donors (Lipinski definition) is 3. The van der Waals surface area contributed by atoms with Crippen molar-refractivity contribution in [3.05, 3.63) is 24.0 Å². The van der Waals surface area contributed by atoms with Crippen LogP contribution in [0.2, 0.25) is 0 Å². The Kier molecular flexibility index (Phi) is 5.80. The van der Waals surface area contributed by atoms with Gasteiger partial charge in [-0.3, -0.25) is 9.45 Å². The molecule has 1 aromatic rings. The van der Waals surface area contributed by atoms with Crippen molar-refractivity contribution in [1.29, 1.82) is 0 Å². The zero-order valence-corrected chi connectivity index (χ0v) is 15.9. The van der Waals surface area contributed by atoms with Gasteiger partial charge in [-0.25, -0.2) is 9.18 Å². The smallest absolute Gasteiger partial charge is 0.414 e. The second-order valence-electron chi connectivity index (χ2n) is 7.20. The Morgan fingerprint density at radius 2 is 1.96 bits per heavy atom. The molecule has 11 heteroatoms. The summed E-state index contributed by atoms with van der Waals surface area (Å²) < 4.78 is 50.2. The van der Waals surface area contributed by atoms with Crippen LogP contribution in [0.5, 0.6) is 0 Å². The van der Waals surface area contributed by atoms with Gasteiger partial charge in [-0.05, 0) is 31.0 Å². The molecule has 0 saturated carbocycles. The fourth-order valence-electron chi connectivity index (χ4n) is 3.41. The Hall–Kier alpha value is -1.95. The maximum atomic E-state index is 14.6. The fraction of sp³-hybridized carbons (Fsp3) is 0.588. The molecular weight excluding hydrogens is 395 g/mol. The van der Waals surface area contributed by atoms with Gasteiger partial charge in [-0.15, -0.1) is 0 Å². The third-order valence-corrected chi connectivity index (χ3v) is 5.90. The van der Waals surface area contributed by atoms with Crippen LogP contribution in [0, 0.1) is 5.82 Å². The molecule has 0 unspecified atom stereocenters. The van der Waals surface area contributed by atoms with Gasteiger partial charge in [0.1, 0.15) is 11.9 Å². The molecule has 2 fully saturated rings. The molecule has 28 heavy (non-hydrogen) atoms. The number of carbonyl (C=O) groups is 1. The van der Waals surface area contributed by atoms with E-state index in [4.69, 9.17) is 9.29 Å². The number of nitrogens with zero attached hydrogens (tertiary/aromatic N) is 2. The van der Waals surface area contributed by atoms with Crippen molar-refractivity contribution in [2.24, 2.45) is 0 Å². The summed E-state index contributed by atoms with van der Waals surface area (Å²) in [4.78, 5) is 15.0. The van der Waals surface area contributed by atoms with Crippen LogP contribution in [0.25, 0.3) is 0 Å². The van der Waals surface area contributed by atoms with E-state index >= 15 is 0 Å². The predicted octanol–water partition coefficient (Wildman–Crippen LogP) is 0.752. The van der Waals surface area contributed by atoms with E-state index in [9.17, 15) is 27.8 Å². The van der Waals surface area contributed by atoms with Gasteiger partial charge in [-0.2, -0.15) is 8.42 Å². The summed E-state index contributed by atoms with van der Waals surface area (Å²) >= 11 is 0. The number of ether oxygens (including phenoxy) is 1. The van der Waals surface area contributed by atoms with E-state index in [1.165, 1.54) is 17.0 Å². The van der Waals surface area contributed by atoms with Gasteiger partial charge in [0.05, 0.1) is 35.9 Å². The number of aliphatic hydroxyl groups excluding tert-OH is 1. The average Bonchev–Trinajstić information content (AvgIpc) is 3.01. The standard InChI is InChI=1S/C17H23FN2O7S/c18-14-9-12(20-10-13(27-16(20)22)3-8-28(24,25)26)1-2-15(14)19-6-4-17(23,11-21)5-7-19/h1-2,9,13,21,23H,3-8,10-11H2,(H,24,25,26)/t13-/m1/s1. The molecule has 2 aliphatic rings. The van der Waals surface area contributed by atoms with E-state index in [2.05, 4.69) is 0 Å². The number of hydrogen-bond acceptors (Lipinski definition) is 7. The summed E-state index contributed by atoms with van der Waals surface area (Å²) in [6.07, 6.45) is -0.839. The highest BCUT2D eigenvalue weighted by Gasteiger charge is 2.35. The van der Waals surface area contributed by atoms with Crippen molar-refractivity contribution in [1.82, 2.24) is 0 Å². The molecule has 156 valence electrons. The third-order valence-electron chi connectivity index (χ3n) is 5.14. The van der Waals surface area contributed by atoms with Crippen molar-refractivity contribution < 1.29 is 37.1 Å². The first-order chi connectivity index (χ1) is 13.1. The monoisotopic (exact) mass is 418 g/mol. The van der Waals surface area contributed by atoms with Crippen molar-refractivity contribution in [2.75, 3.05) is 41.8 Å². The predicted molar refractivity (Wildman–Crippen MR) is 98.5 cm³/mol. The number of halogens is 1. The fourth-order valence-corrected chi connectivity index (χ4v) is 3.97. The Bertz CT molecular complexity index is 840. The first-order valence-corrected chi connectivity index (χ1v) is 10.5. The molecule has 0 aromatic heterocycles. The molecule has 1 atom stereocenters. The minimum Gasteiger partial charge on any atom is -0.444 e. The largest absolute Gasteiger partial charge is 0.444 e. The maximum Gasteiger partial charge on any atom is 0.414 e. The van der Waals surface area contributed by atoms with Crippen molar-refractivity contribution in [3.8, 4) is 0 Å². The molecule has 0 aliphatic carbocycles. The van der Waals surface area contributed by atoms with E-state index in [0.717, 1.165) is 0 Å². The summed E-state index contributed by atoms with van der Waals surface area (Å²) in [5.41, 5.74) is -0.521. The molecule has 0 radical (unpaired) electrons. The van der Waals surface area contributed by atoms with Crippen molar-refractivity contribution >= 4 is 27.6 Å². The second-order valence-corrected chi connectivity index (χ2v) is 8.77. The van der Waals surface area contributed by atoms with Gasteiger partial charge in [0.25, 0.3) is 10.1 Å². The molecule has 9 nitrogen and oxygen atoms in total. The highest BCUT2D eigenvalue weighted by atomic mass is 32.2. The first-order valence-electron chi connectivity index (χ1n) is 8.91. The van der Waals surface area contributed by atoms with E-state index in [-0.39, 0.29) is 25.3 Å². The molecule has 2 heterocycles. The lowest BCUT2D eigenvalue weighted by Crippen LogP contribution is -2.46. The van der Waals surface area contributed by atoms with Crippen LogP contribution in [0.3, 0.4) is 0 Å². The Morgan fingerprint density at radius 1 is 1.29 bits per heavy atom. The number of anilines is 2. The van der Waals surface area contributed by atoms with Crippen molar-refractivity contribution in [3.63, 3.8) is 0 Å². The molecule has 1 aromatic carbocycles. The highest BCUT2D eigenvalue weighted by Crippen LogP contribution is 2.31. The van der Waals surface area contributed by atoms with Crippen LogP contribution in [-0.4, -0.2) is 73.0 Å². The van der Waals surface area contributed by atoms with Gasteiger partial charge in [0.15, 0.2) is 0 Å². The number of amides is 1. The quantitative estimate of drug-likeness (QED) is 0.578. The lowest BCUT2D eigenvalue weighted by atomic mass is 9.92. The summed E-state index contributed by atoms with van der Waals surface area (Å²) in [7, 11) is -4.16.